The molecule has 0 aliphatic carbocycles. The Morgan fingerprint density at radius 3 is 2.69 bits per heavy atom. The molecule has 0 spiro atoms. The van der Waals surface area contributed by atoms with Crippen LogP contribution in [-0.2, 0) is 0 Å². The summed E-state index contributed by atoms with van der Waals surface area (Å²) in [4.78, 5) is 11.1. The van der Waals surface area contributed by atoms with Gasteiger partial charge in [-0.15, -0.1) is 0 Å². The smallest absolute Gasteiger partial charge is 0.339 e. The van der Waals surface area contributed by atoms with Crippen molar-refractivity contribution in [3.05, 3.63) is 28.3 Å². The van der Waals surface area contributed by atoms with Crippen molar-refractivity contribution in [2.45, 2.75) is 32.0 Å². The summed E-state index contributed by atoms with van der Waals surface area (Å²) in [5.41, 5.74) is -0.584. The largest absolute Gasteiger partial charge is 0.496 e. The van der Waals surface area contributed by atoms with Gasteiger partial charge in [0.1, 0.15) is 17.6 Å². The first-order chi connectivity index (χ1) is 7.56. The molecule has 1 heterocycles. The lowest BCUT2D eigenvalue weighted by atomic mass is 10.1. The third-order valence-corrected chi connectivity index (χ3v) is 2.29. The van der Waals surface area contributed by atoms with Crippen LogP contribution in [0.15, 0.2) is 21.3 Å². The Kier molecular flexibility index (Phi) is 4.52. The minimum atomic E-state index is -1.00. The maximum absolute atomic E-state index is 11.1. The van der Waals surface area contributed by atoms with Gasteiger partial charge in [-0.05, 0) is 6.42 Å². The molecule has 1 rings (SSSR count). The highest BCUT2D eigenvalue weighted by molar-refractivity contribution is 5.21. The fourth-order valence-electron chi connectivity index (χ4n) is 1.30. The van der Waals surface area contributed by atoms with Gasteiger partial charge < -0.3 is 19.4 Å². The molecule has 0 aromatic carbocycles. The number of methoxy groups -OCH3 is 1. The Morgan fingerprint density at radius 1 is 1.44 bits per heavy atom. The predicted molar refractivity (Wildman–Crippen MR) is 57.4 cm³/mol. The van der Waals surface area contributed by atoms with Crippen LogP contribution in [0.2, 0.25) is 0 Å². The van der Waals surface area contributed by atoms with Crippen LogP contribution in [0, 0.1) is 0 Å². The van der Waals surface area contributed by atoms with Gasteiger partial charge in [-0.2, -0.15) is 0 Å². The second-order valence-corrected chi connectivity index (χ2v) is 3.53. The van der Waals surface area contributed by atoms with E-state index >= 15 is 0 Å². The minimum Gasteiger partial charge on any atom is -0.496 e. The number of ether oxygens (including phenoxy) is 1. The summed E-state index contributed by atoms with van der Waals surface area (Å²) in [7, 11) is 1.42. The predicted octanol–water partition coefficient (Wildman–Crippen LogP) is 0.843. The Labute approximate surface area is 93.3 Å². The number of hydrogen-bond donors (Lipinski definition) is 2. The van der Waals surface area contributed by atoms with Crippen molar-refractivity contribution in [1.29, 1.82) is 0 Å². The maximum Gasteiger partial charge on any atom is 0.339 e. The van der Waals surface area contributed by atoms with Crippen molar-refractivity contribution in [1.82, 2.24) is 0 Å². The molecule has 0 saturated carbocycles. The Morgan fingerprint density at radius 2 is 2.12 bits per heavy atom. The summed E-state index contributed by atoms with van der Waals surface area (Å²) in [6.45, 7) is 1.80. The lowest BCUT2D eigenvalue weighted by molar-refractivity contribution is 0.0633. The van der Waals surface area contributed by atoms with Crippen LogP contribution in [0.25, 0.3) is 0 Å². The van der Waals surface area contributed by atoms with Crippen LogP contribution in [0.5, 0.6) is 5.75 Å². The molecule has 2 N–H and O–H groups in total. The zero-order valence-electron chi connectivity index (χ0n) is 9.34. The van der Waals surface area contributed by atoms with Crippen molar-refractivity contribution >= 4 is 0 Å². The highest BCUT2D eigenvalue weighted by atomic mass is 16.5. The SMILES string of the molecule is CC[C@@H](O)C[C@@H](O)c1cc(OC)cc(=O)o1. The van der Waals surface area contributed by atoms with E-state index in [0.29, 0.717) is 12.2 Å². The summed E-state index contributed by atoms with van der Waals surface area (Å²) in [6.07, 6.45) is -0.957. The van der Waals surface area contributed by atoms with E-state index < -0.39 is 17.8 Å². The second kappa shape index (κ2) is 5.67. The van der Waals surface area contributed by atoms with Crippen molar-refractivity contribution < 1.29 is 19.4 Å². The first-order valence-electron chi connectivity index (χ1n) is 5.12. The van der Waals surface area contributed by atoms with Gasteiger partial charge in [-0.3, -0.25) is 0 Å². The van der Waals surface area contributed by atoms with Gasteiger partial charge in [-0.25, -0.2) is 4.79 Å². The number of aliphatic hydroxyl groups excluding tert-OH is 2. The summed E-state index contributed by atoms with van der Waals surface area (Å²) in [5, 5.41) is 19.1. The minimum absolute atomic E-state index is 0.108. The molecule has 0 unspecified atom stereocenters. The summed E-state index contributed by atoms with van der Waals surface area (Å²) in [6, 6.07) is 2.63. The van der Waals surface area contributed by atoms with Gasteiger partial charge in [0.2, 0.25) is 0 Å². The fourth-order valence-corrected chi connectivity index (χ4v) is 1.30. The molecule has 0 fully saturated rings. The van der Waals surface area contributed by atoms with Gasteiger partial charge in [-0.1, -0.05) is 6.92 Å². The molecule has 1 aromatic heterocycles. The average molecular weight is 228 g/mol. The molecule has 2 atom stereocenters. The first kappa shape index (κ1) is 12.7. The van der Waals surface area contributed by atoms with E-state index in [1.807, 2.05) is 0 Å². The highest BCUT2D eigenvalue weighted by Gasteiger charge is 2.16. The van der Waals surface area contributed by atoms with Crippen LogP contribution >= 0.6 is 0 Å². The molecule has 0 saturated heterocycles. The third kappa shape index (κ3) is 3.36. The summed E-state index contributed by atoms with van der Waals surface area (Å²) < 4.78 is 9.71. The van der Waals surface area contributed by atoms with Crippen molar-refractivity contribution in [2.75, 3.05) is 7.11 Å². The summed E-state index contributed by atoms with van der Waals surface area (Å²) >= 11 is 0. The topological polar surface area (TPSA) is 79.9 Å². The number of hydrogen-bond acceptors (Lipinski definition) is 5. The Bertz CT molecular complexity index is 384. The molecule has 0 aliphatic rings. The van der Waals surface area contributed by atoms with Gasteiger partial charge in [0.15, 0.2) is 0 Å². The standard InChI is InChI=1S/C11H16O5/c1-3-7(12)4-9(13)10-5-8(15-2)6-11(14)16-10/h5-7,9,12-13H,3-4H2,1-2H3/t7-,9-/m1/s1. The van der Waals surface area contributed by atoms with E-state index in [-0.39, 0.29) is 12.2 Å². The maximum atomic E-state index is 11.1. The lowest BCUT2D eigenvalue weighted by Crippen LogP contribution is -2.12. The molecule has 0 amide bonds. The summed E-state index contributed by atoms with van der Waals surface area (Å²) in [5.74, 6) is 0.438. The van der Waals surface area contributed by atoms with E-state index in [0.717, 1.165) is 0 Å². The van der Waals surface area contributed by atoms with Gasteiger partial charge in [0.05, 0.1) is 19.3 Å². The zero-order valence-corrected chi connectivity index (χ0v) is 9.34. The molecule has 1 aromatic rings. The molecule has 0 radical (unpaired) electrons. The first-order valence-corrected chi connectivity index (χ1v) is 5.12. The van der Waals surface area contributed by atoms with Gasteiger partial charge in [0.25, 0.3) is 0 Å². The van der Waals surface area contributed by atoms with Gasteiger partial charge in [0, 0.05) is 12.5 Å². The van der Waals surface area contributed by atoms with E-state index in [4.69, 9.17) is 9.15 Å². The zero-order chi connectivity index (χ0) is 12.1. The molecule has 90 valence electrons. The molecule has 5 heteroatoms. The van der Waals surface area contributed by atoms with Crippen LogP contribution < -0.4 is 10.4 Å². The Hall–Kier alpha value is -1.33. The quantitative estimate of drug-likeness (QED) is 0.780. The Balaban J connectivity index is 2.86. The fraction of sp³-hybridized carbons (Fsp3) is 0.545. The lowest BCUT2D eigenvalue weighted by Gasteiger charge is -2.13. The van der Waals surface area contributed by atoms with Crippen LogP contribution in [-0.4, -0.2) is 23.4 Å². The molecule has 0 aliphatic heterocycles. The average Bonchev–Trinajstić information content (AvgIpc) is 2.27. The second-order valence-electron chi connectivity index (χ2n) is 3.53. The van der Waals surface area contributed by atoms with Crippen molar-refractivity contribution in [2.24, 2.45) is 0 Å². The third-order valence-electron chi connectivity index (χ3n) is 2.29. The van der Waals surface area contributed by atoms with Crippen molar-refractivity contribution in [3.63, 3.8) is 0 Å². The molecular formula is C11H16O5. The molecular weight excluding hydrogens is 212 g/mol. The number of rotatable bonds is 5. The number of aliphatic hydroxyl groups is 2. The van der Waals surface area contributed by atoms with Crippen LogP contribution in [0.1, 0.15) is 31.6 Å². The normalized spacial score (nSPS) is 14.5. The van der Waals surface area contributed by atoms with E-state index in [9.17, 15) is 15.0 Å². The molecule has 16 heavy (non-hydrogen) atoms. The van der Waals surface area contributed by atoms with E-state index in [1.165, 1.54) is 19.2 Å². The molecule has 0 bridgehead atoms. The van der Waals surface area contributed by atoms with Crippen LogP contribution in [0.4, 0.5) is 0 Å². The molecule has 5 nitrogen and oxygen atoms in total. The van der Waals surface area contributed by atoms with Crippen LogP contribution in [0.3, 0.4) is 0 Å². The van der Waals surface area contributed by atoms with Crippen molar-refractivity contribution in [3.8, 4) is 5.75 Å². The monoisotopic (exact) mass is 228 g/mol. The van der Waals surface area contributed by atoms with E-state index in [2.05, 4.69) is 0 Å². The highest BCUT2D eigenvalue weighted by Crippen LogP contribution is 2.21. The van der Waals surface area contributed by atoms with Gasteiger partial charge >= 0.3 is 5.63 Å². The van der Waals surface area contributed by atoms with E-state index in [1.54, 1.807) is 6.92 Å².